The van der Waals surface area contributed by atoms with Crippen molar-refractivity contribution in [3.05, 3.63) is 46.6 Å². The molecule has 2 heterocycles. The smallest absolute Gasteiger partial charge is 0.235 e. The van der Waals surface area contributed by atoms with Crippen LogP contribution >= 0.6 is 23.2 Å². The van der Waals surface area contributed by atoms with Crippen LogP contribution in [0.5, 0.6) is 5.75 Å². The minimum atomic E-state index is -0.268. The summed E-state index contributed by atoms with van der Waals surface area (Å²) in [6.45, 7) is 1.83. The Morgan fingerprint density at radius 2 is 2.30 bits per heavy atom. The number of hydrogen-bond acceptors (Lipinski definition) is 4. The average Bonchev–Trinajstić information content (AvgIpc) is 3.13. The van der Waals surface area contributed by atoms with Gasteiger partial charge in [-0.3, -0.25) is 0 Å². The summed E-state index contributed by atoms with van der Waals surface area (Å²) in [5.74, 6) is 1.41. The molecule has 0 aliphatic carbocycles. The summed E-state index contributed by atoms with van der Waals surface area (Å²) in [6.07, 6.45) is 3.91. The van der Waals surface area contributed by atoms with Crippen LogP contribution in [0.1, 0.15) is 18.4 Å². The van der Waals surface area contributed by atoms with Crippen LogP contribution in [0.25, 0.3) is 0 Å². The molecular weight excluding hydrogens is 299 g/mol. The van der Waals surface area contributed by atoms with Crippen LogP contribution in [0, 0.1) is 5.92 Å². The van der Waals surface area contributed by atoms with Crippen LogP contribution < -0.4 is 10.1 Å². The fourth-order valence-corrected chi connectivity index (χ4v) is 2.71. The molecule has 6 heteroatoms. The van der Waals surface area contributed by atoms with Crippen molar-refractivity contribution < 1.29 is 9.15 Å². The molecule has 1 aromatic heterocycles. The molecule has 1 aromatic carbocycles. The van der Waals surface area contributed by atoms with Crippen LogP contribution in [0.2, 0.25) is 10.0 Å². The van der Waals surface area contributed by atoms with E-state index in [0.29, 0.717) is 27.6 Å². The maximum atomic E-state index is 6.18. The van der Waals surface area contributed by atoms with E-state index in [-0.39, 0.29) is 6.10 Å². The maximum absolute atomic E-state index is 6.18. The number of nitrogens with zero attached hydrogens (tertiary/aromatic N) is 1. The van der Waals surface area contributed by atoms with E-state index in [2.05, 4.69) is 10.3 Å². The van der Waals surface area contributed by atoms with E-state index in [9.17, 15) is 0 Å². The summed E-state index contributed by atoms with van der Waals surface area (Å²) in [4.78, 5) is 4.21. The van der Waals surface area contributed by atoms with Crippen molar-refractivity contribution in [3.8, 4) is 5.75 Å². The molecule has 0 spiro atoms. The first kappa shape index (κ1) is 13.7. The second kappa shape index (κ2) is 6.04. The lowest BCUT2D eigenvalue weighted by Gasteiger charge is -2.22. The monoisotopic (exact) mass is 312 g/mol. The highest BCUT2D eigenvalue weighted by Crippen LogP contribution is 2.37. The molecule has 4 nitrogen and oxygen atoms in total. The van der Waals surface area contributed by atoms with E-state index in [1.54, 1.807) is 24.6 Å². The molecule has 1 aliphatic heterocycles. The van der Waals surface area contributed by atoms with Gasteiger partial charge in [-0.05, 0) is 25.1 Å². The zero-order valence-electron chi connectivity index (χ0n) is 10.7. The van der Waals surface area contributed by atoms with Gasteiger partial charge in [0.2, 0.25) is 5.89 Å². The fourth-order valence-electron chi connectivity index (χ4n) is 2.37. The Kier molecular flexibility index (Phi) is 4.15. The maximum Gasteiger partial charge on any atom is 0.235 e. The first-order valence-electron chi connectivity index (χ1n) is 6.46. The van der Waals surface area contributed by atoms with Crippen molar-refractivity contribution >= 4 is 23.2 Å². The quantitative estimate of drug-likeness (QED) is 0.935. The third kappa shape index (κ3) is 2.77. The minimum absolute atomic E-state index is 0.268. The summed E-state index contributed by atoms with van der Waals surface area (Å²) in [6, 6.07) is 5.34. The lowest BCUT2D eigenvalue weighted by atomic mass is 10.0. The predicted molar refractivity (Wildman–Crippen MR) is 77.3 cm³/mol. The zero-order chi connectivity index (χ0) is 13.9. The Morgan fingerprint density at radius 3 is 3.00 bits per heavy atom. The molecule has 2 atom stereocenters. The van der Waals surface area contributed by atoms with Gasteiger partial charge < -0.3 is 14.5 Å². The molecular formula is C14H14Cl2N2O2. The first-order valence-corrected chi connectivity index (χ1v) is 7.22. The van der Waals surface area contributed by atoms with Crippen molar-refractivity contribution in [2.24, 2.45) is 5.92 Å². The molecule has 1 fully saturated rings. The molecule has 106 valence electrons. The van der Waals surface area contributed by atoms with E-state index in [4.69, 9.17) is 32.4 Å². The third-order valence-corrected chi connectivity index (χ3v) is 4.19. The summed E-state index contributed by atoms with van der Waals surface area (Å²) >= 11 is 12.2. The predicted octanol–water partition coefficient (Wildman–Crippen LogP) is 3.71. The van der Waals surface area contributed by atoms with Crippen molar-refractivity contribution in [2.75, 3.05) is 13.1 Å². The number of ether oxygens (including phenoxy) is 1. The molecule has 1 saturated heterocycles. The zero-order valence-corrected chi connectivity index (χ0v) is 12.2. The highest BCUT2D eigenvalue weighted by Gasteiger charge is 2.31. The summed E-state index contributed by atoms with van der Waals surface area (Å²) in [7, 11) is 0. The van der Waals surface area contributed by atoms with Crippen LogP contribution in [0.4, 0.5) is 0 Å². The summed E-state index contributed by atoms with van der Waals surface area (Å²) in [5.41, 5.74) is 0. The molecule has 1 aliphatic rings. The molecule has 1 N–H and O–H groups in total. The number of aromatic nitrogens is 1. The molecule has 2 aromatic rings. The molecule has 0 amide bonds. The second-order valence-corrected chi connectivity index (χ2v) is 5.50. The standard InChI is InChI=1S/C14H14Cl2N2O2/c15-10-2-1-3-11(12(10)16)20-13(9-4-5-17-8-9)14-18-6-7-19-14/h1-3,6-7,9,13,17H,4-5,8H2/t9-,13?/m0/s1. The number of halogens is 2. The fraction of sp³-hybridized carbons (Fsp3) is 0.357. The number of rotatable bonds is 4. The molecule has 1 unspecified atom stereocenters. The Balaban J connectivity index is 1.88. The lowest BCUT2D eigenvalue weighted by Crippen LogP contribution is -2.21. The Morgan fingerprint density at radius 1 is 1.40 bits per heavy atom. The van der Waals surface area contributed by atoms with Crippen LogP contribution in [0.3, 0.4) is 0 Å². The van der Waals surface area contributed by atoms with E-state index >= 15 is 0 Å². The van der Waals surface area contributed by atoms with Crippen molar-refractivity contribution in [1.82, 2.24) is 10.3 Å². The van der Waals surface area contributed by atoms with Gasteiger partial charge >= 0.3 is 0 Å². The molecule has 3 rings (SSSR count). The van der Waals surface area contributed by atoms with Crippen molar-refractivity contribution in [1.29, 1.82) is 0 Å². The number of nitrogens with one attached hydrogen (secondary N) is 1. The lowest BCUT2D eigenvalue weighted by molar-refractivity contribution is 0.114. The van der Waals surface area contributed by atoms with Gasteiger partial charge in [0.25, 0.3) is 0 Å². The molecule has 0 saturated carbocycles. The third-order valence-electron chi connectivity index (χ3n) is 3.39. The minimum Gasteiger partial charge on any atom is -0.479 e. The van der Waals surface area contributed by atoms with E-state index in [1.165, 1.54) is 0 Å². The number of oxazole rings is 1. The van der Waals surface area contributed by atoms with Gasteiger partial charge in [0.05, 0.1) is 11.2 Å². The number of benzene rings is 1. The Bertz CT molecular complexity index is 569. The first-order chi connectivity index (χ1) is 9.75. The summed E-state index contributed by atoms with van der Waals surface area (Å²) in [5, 5.41) is 4.20. The van der Waals surface area contributed by atoms with Gasteiger partial charge in [0.15, 0.2) is 6.10 Å². The highest BCUT2D eigenvalue weighted by atomic mass is 35.5. The van der Waals surface area contributed by atoms with Crippen LogP contribution in [-0.2, 0) is 0 Å². The van der Waals surface area contributed by atoms with E-state index < -0.39 is 0 Å². The number of hydrogen-bond donors (Lipinski definition) is 1. The van der Waals surface area contributed by atoms with Crippen molar-refractivity contribution in [2.45, 2.75) is 12.5 Å². The molecule has 0 radical (unpaired) electrons. The molecule has 20 heavy (non-hydrogen) atoms. The van der Waals surface area contributed by atoms with Gasteiger partial charge in [0.1, 0.15) is 17.0 Å². The van der Waals surface area contributed by atoms with Crippen molar-refractivity contribution in [3.63, 3.8) is 0 Å². The van der Waals surface area contributed by atoms with E-state index in [1.807, 2.05) is 6.07 Å². The van der Waals surface area contributed by atoms with Gasteiger partial charge in [-0.25, -0.2) is 4.98 Å². The molecule has 0 bridgehead atoms. The topological polar surface area (TPSA) is 47.3 Å². The Labute approximate surface area is 127 Å². The average molecular weight is 313 g/mol. The SMILES string of the molecule is Clc1cccc(OC(c2ncco2)[C@H]2CCNC2)c1Cl. The summed E-state index contributed by atoms with van der Waals surface area (Å²) < 4.78 is 11.5. The second-order valence-electron chi connectivity index (χ2n) is 4.71. The van der Waals surface area contributed by atoms with Crippen LogP contribution in [-0.4, -0.2) is 18.1 Å². The van der Waals surface area contributed by atoms with Gasteiger partial charge in [0, 0.05) is 12.5 Å². The van der Waals surface area contributed by atoms with Gasteiger partial charge in [-0.15, -0.1) is 0 Å². The van der Waals surface area contributed by atoms with Gasteiger partial charge in [-0.2, -0.15) is 0 Å². The van der Waals surface area contributed by atoms with E-state index in [0.717, 1.165) is 19.5 Å². The normalized spacial score (nSPS) is 20.0. The van der Waals surface area contributed by atoms with Gasteiger partial charge in [-0.1, -0.05) is 29.3 Å². The van der Waals surface area contributed by atoms with Crippen LogP contribution in [0.15, 0.2) is 35.1 Å². The highest BCUT2D eigenvalue weighted by molar-refractivity contribution is 6.42. The Hall–Kier alpha value is -1.23. The largest absolute Gasteiger partial charge is 0.479 e.